The predicted octanol–water partition coefficient (Wildman–Crippen LogP) is 1.92. The number of carboxylic acids is 1. The predicted molar refractivity (Wildman–Crippen MR) is 132 cm³/mol. The van der Waals surface area contributed by atoms with Crippen molar-refractivity contribution in [2.75, 3.05) is 37.9 Å². The molecule has 0 aliphatic carbocycles. The highest BCUT2D eigenvalue weighted by Crippen LogP contribution is 2.18. The van der Waals surface area contributed by atoms with Gasteiger partial charge in [-0.2, -0.15) is 24.4 Å². The molecule has 0 fully saturated rings. The van der Waals surface area contributed by atoms with E-state index in [1.54, 1.807) is 11.8 Å². The molecule has 5 N–H and O–H groups in total. The van der Waals surface area contributed by atoms with Gasteiger partial charge in [0.15, 0.2) is 0 Å². The van der Waals surface area contributed by atoms with Crippen molar-refractivity contribution < 1.29 is 14.7 Å². The number of likely N-dealkylation sites (N-methyl/N-ethyl adjacent to an activating group) is 1. The number of rotatable bonds is 17. The summed E-state index contributed by atoms with van der Waals surface area (Å²) in [5.74, 6) is 0.613. The normalized spacial score (nSPS) is 17.8. The van der Waals surface area contributed by atoms with Crippen molar-refractivity contribution >= 4 is 36.3 Å². The second-order valence-corrected chi connectivity index (χ2v) is 9.64. The molecule has 0 aromatic heterocycles. The number of hydrogen-bond acceptors (Lipinski definition) is 7. The van der Waals surface area contributed by atoms with Crippen LogP contribution >= 0.6 is 24.4 Å². The van der Waals surface area contributed by atoms with Crippen molar-refractivity contribution in [1.82, 2.24) is 15.5 Å². The maximum Gasteiger partial charge on any atom is 0.326 e. The summed E-state index contributed by atoms with van der Waals surface area (Å²) >= 11 is 5.83. The molecule has 0 saturated heterocycles. The Kier molecular flexibility index (Phi) is 15.9. The van der Waals surface area contributed by atoms with Gasteiger partial charge in [0.1, 0.15) is 6.04 Å². The molecule has 0 spiro atoms. The Morgan fingerprint density at radius 2 is 1.80 bits per heavy atom. The van der Waals surface area contributed by atoms with E-state index in [0.29, 0.717) is 36.9 Å². The molecule has 1 amide bonds. The molecule has 0 radical (unpaired) electrons. The average molecular weight is 465 g/mol. The first-order chi connectivity index (χ1) is 14.1. The standard InChI is InChI=1S/C21H44N4O3S2/c1-7-14(3)18(23-11-16(22)13-29)12-25(5)19(15(4)8-2)20(26)24-17(21(27)28)9-10-30-6/h14-19,23,29H,7-13,22H2,1-6H3,(H,24,26)(H,27,28)/t14-,15+,16-,17+,18-,19+/m1/s1. The summed E-state index contributed by atoms with van der Waals surface area (Å²) in [6.45, 7) is 9.79. The molecule has 0 aliphatic rings. The zero-order valence-corrected chi connectivity index (χ0v) is 21.3. The zero-order valence-electron chi connectivity index (χ0n) is 19.6. The molecular formula is C21H44N4O3S2. The van der Waals surface area contributed by atoms with E-state index in [-0.39, 0.29) is 23.9 Å². The number of nitrogens with two attached hydrogens (primary N) is 1. The minimum Gasteiger partial charge on any atom is -0.480 e. The fraction of sp³-hybridized carbons (Fsp3) is 0.905. The van der Waals surface area contributed by atoms with E-state index in [9.17, 15) is 14.7 Å². The Morgan fingerprint density at radius 3 is 2.27 bits per heavy atom. The van der Waals surface area contributed by atoms with E-state index in [4.69, 9.17) is 5.73 Å². The van der Waals surface area contributed by atoms with Crippen LogP contribution in [0.15, 0.2) is 0 Å². The number of thioether (sulfide) groups is 1. The highest BCUT2D eigenvalue weighted by molar-refractivity contribution is 7.98. The number of nitrogens with one attached hydrogen (secondary N) is 2. The van der Waals surface area contributed by atoms with Gasteiger partial charge in [0.2, 0.25) is 5.91 Å². The lowest BCUT2D eigenvalue weighted by atomic mass is 9.93. The van der Waals surface area contributed by atoms with E-state index in [0.717, 1.165) is 12.8 Å². The van der Waals surface area contributed by atoms with Crippen molar-refractivity contribution in [1.29, 1.82) is 0 Å². The van der Waals surface area contributed by atoms with Crippen LogP contribution in [-0.4, -0.2) is 83.9 Å². The molecule has 7 nitrogen and oxygen atoms in total. The van der Waals surface area contributed by atoms with Crippen molar-refractivity contribution in [3.8, 4) is 0 Å². The minimum absolute atomic E-state index is 0.0217. The number of hydrogen-bond donors (Lipinski definition) is 5. The van der Waals surface area contributed by atoms with Gasteiger partial charge >= 0.3 is 5.97 Å². The van der Waals surface area contributed by atoms with Crippen LogP contribution in [0.4, 0.5) is 0 Å². The first kappa shape index (κ1) is 29.5. The fourth-order valence-electron chi connectivity index (χ4n) is 3.39. The highest BCUT2D eigenvalue weighted by Gasteiger charge is 2.33. The fourth-order valence-corrected chi connectivity index (χ4v) is 3.99. The first-order valence-corrected chi connectivity index (χ1v) is 13.0. The van der Waals surface area contributed by atoms with Crippen LogP contribution < -0.4 is 16.4 Å². The Labute approximate surface area is 193 Å². The largest absolute Gasteiger partial charge is 0.480 e. The van der Waals surface area contributed by atoms with E-state index in [1.807, 2.05) is 20.2 Å². The molecule has 0 aromatic rings. The second kappa shape index (κ2) is 16.2. The summed E-state index contributed by atoms with van der Waals surface area (Å²) in [6.07, 6.45) is 4.19. The van der Waals surface area contributed by atoms with Gasteiger partial charge in [-0.1, -0.05) is 40.5 Å². The number of carbonyl (C=O) groups excluding carboxylic acids is 1. The van der Waals surface area contributed by atoms with Gasteiger partial charge in [-0.15, -0.1) is 0 Å². The minimum atomic E-state index is -0.983. The van der Waals surface area contributed by atoms with Crippen molar-refractivity contribution in [3.63, 3.8) is 0 Å². The summed E-state index contributed by atoms with van der Waals surface area (Å²) < 4.78 is 0. The van der Waals surface area contributed by atoms with Crippen LogP contribution in [0.5, 0.6) is 0 Å². The average Bonchev–Trinajstić information content (AvgIpc) is 2.72. The summed E-state index contributed by atoms with van der Waals surface area (Å²) in [7, 11) is 1.95. The van der Waals surface area contributed by atoms with Crippen molar-refractivity contribution in [2.24, 2.45) is 17.6 Å². The van der Waals surface area contributed by atoms with Crippen molar-refractivity contribution in [3.05, 3.63) is 0 Å². The second-order valence-electron chi connectivity index (χ2n) is 8.29. The van der Waals surface area contributed by atoms with Crippen LogP contribution in [0.3, 0.4) is 0 Å². The molecule has 0 aliphatic heterocycles. The molecule has 6 atom stereocenters. The van der Waals surface area contributed by atoms with Gasteiger partial charge in [-0.25, -0.2) is 4.79 Å². The molecule has 0 rings (SSSR count). The van der Waals surface area contributed by atoms with Gasteiger partial charge in [0.25, 0.3) is 0 Å². The number of carbonyl (C=O) groups is 2. The van der Waals surface area contributed by atoms with Gasteiger partial charge in [-0.3, -0.25) is 9.69 Å². The van der Waals surface area contributed by atoms with Crippen LogP contribution in [0.1, 0.15) is 47.0 Å². The lowest BCUT2D eigenvalue weighted by Crippen LogP contribution is -2.56. The molecule has 30 heavy (non-hydrogen) atoms. The van der Waals surface area contributed by atoms with Crippen molar-refractivity contribution in [2.45, 2.75) is 71.1 Å². The number of carboxylic acid groups (broad SMARTS) is 1. The maximum atomic E-state index is 13.1. The summed E-state index contributed by atoms with van der Waals surface area (Å²) in [6, 6.07) is -1.09. The van der Waals surface area contributed by atoms with Crippen LogP contribution in [0, 0.1) is 11.8 Å². The molecule has 178 valence electrons. The third kappa shape index (κ3) is 10.7. The van der Waals surface area contributed by atoms with E-state index < -0.39 is 18.1 Å². The van der Waals surface area contributed by atoms with Gasteiger partial charge in [0, 0.05) is 30.9 Å². The zero-order chi connectivity index (χ0) is 23.3. The van der Waals surface area contributed by atoms with E-state index >= 15 is 0 Å². The quantitative estimate of drug-likeness (QED) is 0.209. The van der Waals surface area contributed by atoms with E-state index in [1.165, 1.54) is 0 Å². The molecule has 0 heterocycles. The highest BCUT2D eigenvalue weighted by atomic mass is 32.2. The Hall–Kier alpha value is -0.480. The summed E-state index contributed by atoms with van der Waals surface area (Å²) in [5, 5.41) is 15.8. The molecular weight excluding hydrogens is 420 g/mol. The maximum absolute atomic E-state index is 13.1. The van der Waals surface area contributed by atoms with Crippen LogP contribution in [0.25, 0.3) is 0 Å². The number of amides is 1. The summed E-state index contributed by atoms with van der Waals surface area (Å²) in [5.41, 5.74) is 6.02. The van der Waals surface area contributed by atoms with Crippen LogP contribution in [0.2, 0.25) is 0 Å². The van der Waals surface area contributed by atoms with Gasteiger partial charge in [-0.05, 0) is 37.3 Å². The molecule has 0 aromatic carbocycles. The topological polar surface area (TPSA) is 108 Å². The van der Waals surface area contributed by atoms with Gasteiger partial charge < -0.3 is 21.5 Å². The first-order valence-electron chi connectivity index (χ1n) is 10.9. The molecule has 0 saturated carbocycles. The number of nitrogens with zero attached hydrogens (tertiary/aromatic N) is 1. The number of thiol groups is 1. The summed E-state index contributed by atoms with van der Waals surface area (Å²) in [4.78, 5) is 26.8. The molecule has 0 unspecified atom stereocenters. The smallest absolute Gasteiger partial charge is 0.326 e. The molecule has 9 heteroatoms. The lowest BCUT2D eigenvalue weighted by molar-refractivity contribution is -0.143. The van der Waals surface area contributed by atoms with Gasteiger partial charge in [0.05, 0.1) is 6.04 Å². The monoisotopic (exact) mass is 464 g/mol. The number of aliphatic carboxylic acids is 1. The third-order valence-corrected chi connectivity index (χ3v) is 6.96. The Morgan fingerprint density at radius 1 is 1.20 bits per heavy atom. The van der Waals surface area contributed by atoms with E-state index in [2.05, 4.69) is 48.9 Å². The lowest BCUT2D eigenvalue weighted by Gasteiger charge is -2.36. The third-order valence-electron chi connectivity index (χ3n) is 5.84. The SMILES string of the molecule is CC[C@@H](C)[C@@H](CN(C)[C@H](C(=O)N[C@@H](CCSC)C(=O)O)[C@@H](C)CC)NC[C@@H](N)CS. The Bertz CT molecular complexity index is 499. The van der Waals surface area contributed by atoms with Crippen LogP contribution in [-0.2, 0) is 9.59 Å². The molecule has 0 bridgehead atoms. The Balaban J connectivity index is 5.35.